The van der Waals surface area contributed by atoms with Gasteiger partial charge in [-0.05, 0) is 50.6 Å². The number of likely N-dealkylation sites (N-methyl/N-ethyl adjacent to an activating group) is 1. The van der Waals surface area contributed by atoms with Crippen molar-refractivity contribution in [2.24, 2.45) is 0 Å². The first kappa shape index (κ1) is 4.09. The maximum Gasteiger partial charge on any atom is 0.215 e. The number of nitrogens with zero attached hydrogens (tertiary/aromatic N) is 1. The van der Waals surface area contributed by atoms with E-state index < -0.39 is 93.6 Å². The first-order chi connectivity index (χ1) is 16.6. The zero-order valence-corrected chi connectivity index (χ0v) is 10.9. The van der Waals surface area contributed by atoms with Crippen molar-refractivity contribution in [3.63, 3.8) is 0 Å². The Kier molecular flexibility index (Phi) is 1.22. The maximum absolute atomic E-state index is 12.8. The molecule has 6 heteroatoms. The molecule has 20 heavy (non-hydrogen) atoms. The number of aryl methyl sites for hydroxylation is 1. The Morgan fingerprint density at radius 2 is 2.50 bits per heavy atom. The maximum atomic E-state index is 12.8. The van der Waals surface area contributed by atoms with Crippen molar-refractivity contribution in [2.75, 3.05) is 27.5 Å². The van der Waals surface area contributed by atoms with E-state index in [1.54, 1.807) is 0 Å². The SMILES string of the molecule is [2H]c1c(C([2H])([2H])S(=O)(=O)N([2H])C([2H])([2H])[2H])c([2H])c2c(C([2H])([2H])C([2H])([2H])N(C)C([2H])([2H])[2H])c([2H])n([2H])c2c1[2H]. The third-order valence-corrected chi connectivity index (χ3v) is 2.72. The average molecular weight is 314 g/mol. The van der Waals surface area contributed by atoms with Crippen LogP contribution in [0.15, 0.2) is 24.3 Å². The number of nitrogens with one attached hydrogen (secondary N) is 2. The molecule has 0 unspecified atom stereocenters. The Morgan fingerprint density at radius 3 is 3.25 bits per heavy atom. The van der Waals surface area contributed by atoms with Gasteiger partial charge >= 0.3 is 0 Å². The Labute approximate surface area is 145 Å². The largest absolute Gasteiger partial charge is 0.361 e. The molecule has 0 aliphatic rings. The first-order valence-electron chi connectivity index (χ1n) is 13.9. The molecule has 0 aliphatic heterocycles. The highest BCUT2D eigenvalue weighted by Crippen LogP contribution is 2.21. The fraction of sp³-hybridized carbons (Fsp3) is 0.429. The quantitative estimate of drug-likeness (QED) is 0.845. The van der Waals surface area contributed by atoms with Gasteiger partial charge < -0.3 is 9.88 Å². The van der Waals surface area contributed by atoms with Crippen molar-refractivity contribution in [3.8, 4) is 0 Å². The predicted molar refractivity (Wildman–Crippen MR) is 82.2 cm³/mol. The Morgan fingerprint density at radius 1 is 1.65 bits per heavy atom. The zero-order valence-electron chi connectivity index (χ0n) is 28.1. The van der Waals surface area contributed by atoms with E-state index in [1.165, 1.54) is 0 Å². The molecule has 2 aromatic rings. The van der Waals surface area contributed by atoms with Crippen LogP contribution in [0, 0.1) is 0 Å². The molecule has 0 saturated carbocycles. The summed E-state index contributed by atoms with van der Waals surface area (Å²) in [5.41, 5.74) is -7.74. The van der Waals surface area contributed by atoms with Crippen LogP contribution >= 0.6 is 0 Å². The fourth-order valence-electron chi connectivity index (χ4n) is 1.27. The molecule has 1 aromatic heterocycles. The van der Waals surface area contributed by atoms with Gasteiger partial charge in [0.2, 0.25) is 10.0 Å². The predicted octanol–water partition coefficient (Wildman–Crippen LogP) is 1.32. The summed E-state index contributed by atoms with van der Waals surface area (Å²) in [4.78, 5) is -0.00497. The highest BCUT2D eigenvalue weighted by molar-refractivity contribution is 7.88. The van der Waals surface area contributed by atoms with Gasteiger partial charge in [0.1, 0.15) is 1.41 Å². The van der Waals surface area contributed by atoms with Gasteiger partial charge in [0.05, 0.1) is 11.2 Å². The normalized spacial score (nSPS) is 29.1. The van der Waals surface area contributed by atoms with Gasteiger partial charge in [-0.15, -0.1) is 0 Å². The van der Waals surface area contributed by atoms with E-state index in [4.69, 9.17) is 24.8 Å². The molecule has 0 amide bonds. The number of aromatic nitrogens is 1. The van der Waals surface area contributed by atoms with Gasteiger partial charge in [0.25, 0.3) is 0 Å². The minimum atomic E-state index is -5.90. The van der Waals surface area contributed by atoms with E-state index in [2.05, 4.69) is 0 Å². The topological polar surface area (TPSA) is 65.2 Å². The van der Waals surface area contributed by atoms with E-state index in [0.717, 1.165) is 0 Å². The highest BCUT2D eigenvalue weighted by Gasteiger charge is 2.11. The average Bonchev–Trinajstić information content (AvgIpc) is 3.01. The van der Waals surface area contributed by atoms with Gasteiger partial charge in [0, 0.05) is 40.0 Å². The van der Waals surface area contributed by atoms with Gasteiger partial charge in [0.15, 0.2) is 1.41 Å². The number of H-pyrrole nitrogens is 1. The minimum Gasteiger partial charge on any atom is -0.361 e. The van der Waals surface area contributed by atoms with Crippen LogP contribution in [-0.4, -0.2) is 45.8 Å². The molecule has 0 spiro atoms. The van der Waals surface area contributed by atoms with Crippen molar-refractivity contribution in [3.05, 3.63) is 35.4 Å². The Hall–Kier alpha value is -1.37. The molecule has 2 rings (SSSR count). The molecule has 0 atom stereocenters. The molecule has 110 valence electrons. The third-order valence-electron chi connectivity index (χ3n) is 2.02. The summed E-state index contributed by atoms with van der Waals surface area (Å²) in [6.07, 6.45) is -4.81. The monoisotopic (exact) mass is 313 g/mol. The van der Waals surface area contributed by atoms with Crippen LogP contribution in [0.1, 0.15) is 33.1 Å². The van der Waals surface area contributed by atoms with Crippen molar-refractivity contribution in [1.29, 1.82) is 0 Å². The second-order valence-corrected chi connectivity index (χ2v) is 4.87. The number of aromatic amines is 1. The number of hydrogen-bond acceptors (Lipinski definition) is 3. The van der Waals surface area contributed by atoms with Crippen LogP contribution in [0.3, 0.4) is 0 Å². The molecule has 0 saturated heterocycles. The third kappa shape index (κ3) is 3.59. The Bertz CT molecular complexity index is 1380. The molecule has 2 N–H and O–H groups in total. The summed E-state index contributed by atoms with van der Waals surface area (Å²) in [6, 6.07) is -3.99. The van der Waals surface area contributed by atoms with Crippen LogP contribution in [0.2, 0.25) is 2.82 Å². The smallest absolute Gasteiger partial charge is 0.215 e. The van der Waals surface area contributed by atoms with E-state index in [1.807, 2.05) is 0 Å². The second-order valence-electron chi connectivity index (χ2n) is 3.54. The van der Waals surface area contributed by atoms with E-state index in [9.17, 15) is 8.42 Å². The van der Waals surface area contributed by atoms with Gasteiger partial charge in [-0.2, -0.15) is 0 Å². The molecule has 0 aliphatic carbocycles. The number of sulfonamides is 1. The molecule has 0 bridgehead atoms. The zero-order chi connectivity index (χ0) is 30.4. The molecule has 0 fully saturated rings. The number of rotatable bonds is 6. The van der Waals surface area contributed by atoms with Crippen molar-refractivity contribution in [2.45, 2.75) is 12.1 Å². The van der Waals surface area contributed by atoms with Crippen molar-refractivity contribution >= 4 is 20.9 Å². The second kappa shape index (κ2) is 5.95. The van der Waals surface area contributed by atoms with Crippen molar-refractivity contribution in [1.82, 2.24) is 14.6 Å². The lowest BCUT2D eigenvalue weighted by molar-refractivity contribution is 0.414. The van der Waals surface area contributed by atoms with Gasteiger partial charge in [-0.25, -0.2) is 13.1 Å². The summed E-state index contributed by atoms with van der Waals surface area (Å²) < 4.78 is 166. The number of hydrogen-bond donors (Lipinski definition) is 2. The molecular formula is C14H21N3O2S. The lowest BCUT2D eigenvalue weighted by Crippen LogP contribution is -2.20. The number of benzene rings is 1. The van der Waals surface area contributed by atoms with E-state index >= 15 is 0 Å². The van der Waals surface area contributed by atoms with Crippen LogP contribution in [0.4, 0.5) is 0 Å². The molecule has 1 aromatic carbocycles. The van der Waals surface area contributed by atoms with Gasteiger partial charge in [-0.3, -0.25) is 0 Å². The van der Waals surface area contributed by atoms with Crippen LogP contribution < -0.4 is 4.72 Å². The molecule has 0 radical (unpaired) electrons. The lowest BCUT2D eigenvalue weighted by Gasteiger charge is -2.08. The summed E-state index contributed by atoms with van der Waals surface area (Å²) in [5.74, 6) is 0. The van der Waals surface area contributed by atoms with Gasteiger partial charge in [-0.1, -0.05) is 6.04 Å². The van der Waals surface area contributed by atoms with Crippen LogP contribution in [0.25, 0.3) is 10.9 Å². The van der Waals surface area contributed by atoms with Crippen molar-refractivity contribution < 1.29 is 33.2 Å². The van der Waals surface area contributed by atoms with Crippen LogP contribution in [0.5, 0.6) is 0 Å². The summed E-state index contributed by atoms with van der Waals surface area (Å²) in [6.45, 7) is -10.5. The minimum absolute atomic E-state index is 0.0133. The summed E-state index contributed by atoms with van der Waals surface area (Å²) in [7, 11) is -5.21. The fourth-order valence-corrected chi connectivity index (χ4v) is 1.67. The molecule has 1 heterocycles. The standard InChI is InChI=1S/C14H21N3O2S/c1-15-20(18,19)10-11-4-5-14-13(8-11)12(9-16-14)6-7-17(2)3/h4-5,8-9,15-16H,6-7,10H2,1-3H3/i1D3,2D3,4D,5D,6D2,7D2,8D,9D,10D2/hD2. The Balaban J connectivity index is 3.13. The van der Waals surface area contributed by atoms with E-state index in [-0.39, 0.29) is 9.88 Å². The molecule has 5 nitrogen and oxygen atoms in total. The highest BCUT2D eigenvalue weighted by atomic mass is 32.2. The number of fused-ring (bicyclic) bond motifs is 1. The summed E-state index contributed by atoms with van der Waals surface area (Å²) in [5, 5.41) is -1.06. The first-order valence-corrected chi connectivity index (χ1v) is 6.48. The summed E-state index contributed by atoms with van der Waals surface area (Å²) >= 11 is 0. The molecular weight excluding hydrogens is 274 g/mol. The van der Waals surface area contributed by atoms with E-state index in [0.29, 0.717) is 7.05 Å². The lowest BCUT2D eigenvalue weighted by atomic mass is 10.1. The van der Waals surface area contributed by atoms with Crippen LogP contribution in [-0.2, 0) is 22.1 Å².